The van der Waals surface area contributed by atoms with Gasteiger partial charge in [0, 0.05) is 24.4 Å². The van der Waals surface area contributed by atoms with Crippen molar-refractivity contribution in [1.29, 1.82) is 0 Å². The molecule has 20 heavy (non-hydrogen) atoms. The Kier molecular flexibility index (Phi) is 5.54. The minimum Gasteiger partial charge on any atom is -0.466 e. The molecule has 0 saturated carbocycles. The number of carbonyl (C=O) groups is 1. The molecule has 1 fully saturated rings. The van der Waals surface area contributed by atoms with Crippen molar-refractivity contribution in [2.45, 2.75) is 46.1 Å². The Labute approximate surface area is 125 Å². The molecule has 1 saturated heterocycles. The molecule has 2 rings (SSSR count). The van der Waals surface area contributed by atoms with Crippen LogP contribution in [0.5, 0.6) is 0 Å². The zero-order chi connectivity index (χ0) is 14.5. The van der Waals surface area contributed by atoms with Gasteiger partial charge in [-0.1, -0.05) is 13.8 Å². The Bertz CT molecular complexity index is 445. The number of hydrogen-bond donors (Lipinski definition) is 0. The second-order valence-electron chi connectivity index (χ2n) is 5.66. The van der Waals surface area contributed by atoms with Crippen molar-refractivity contribution in [3.05, 3.63) is 16.1 Å². The van der Waals surface area contributed by atoms with E-state index < -0.39 is 0 Å². The van der Waals surface area contributed by atoms with Crippen molar-refractivity contribution in [2.24, 2.45) is 5.92 Å². The van der Waals surface area contributed by atoms with Gasteiger partial charge < -0.3 is 4.74 Å². The second kappa shape index (κ2) is 7.18. The molecule has 5 heteroatoms. The zero-order valence-corrected chi connectivity index (χ0v) is 13.4. The van der Waals surface area contributed by atoms with Crippen LogP contribution in [0.15, 0.2) is 5.38 Å². The molecular weight excluding hydrogens is 272 g/mol. The summed E-state index contributed by atoms with van der Waals surface area (Å²) in [6.07, 6.45) is 2.01. The Balaban J connectivity index is 1.90. The standard InChI is InChI=1S/C15H24N2O2S/c1-4-19-15(18)12-6-5-7-17(8-12)9-13-10-20-14(16-13)11(2)3/h10-12H,4-9H2,1-3H3/t12-/m1/s1. The lowest BCUT2D eigenvalue weighted by molar-refractivity contribution is -0.150. The van der Waals surface area contributed by atoms with Crippen molar-refractivity contribution >= 4 is 17.3 Å². The van der Waals surface area contributed by atoms with Gasteiger partial charge in [0.05, 0.1) is 23.2 Å². The first-order valence-electron chi connectivity index (χ1n) is 7.43. The van der Waals surface area contributed by atoms with Gasteiger partial charge in [0.25, 0.3) is 0 Å². The number of nitrogens with zero attached hydrogens (tertiary/aromatic N) is 2. The largest absolute Gasteiger partial charge is 0.466 e. The fourth-order valence-corrected chi connectivity index (χ4v) is 3.37. The first-order valence-corrected chi connectivity index (χ1v) is 8.31. The van der Waals surface area contributed by atoms with Gasteiger partial charge in [-0.05, 0) is 26.3 Å². The highest BCUT2D eigenvalue weighted by molar-refractivity contribution is 7.09. The smallest absolute Gasteiger partial charge is 0.310 e. The van der Waals surface area contributed by atoms with Crippen LogP contribution < -0.4 is 0 Å². The van der Waals surface area contributed by atoms with Gasteiger partial charge in [-0.3, -0.25) is 9.69 Å². The molecule has 2 heterocycles. The van der Waals surface area contributed by atoms with Crippen molar-refractivity contribution in [3.8, 4) is 0 Å². The molecule has 0 radical (unpaired) electrons. The second-order valence-corrected chi connectivity index (χ2v) is 6.55. The number of carbonyl (C=O) groups excluding carboxylic acids is 1. The van der Waals surface area contributed by atoms with E-state index in [0.29, 0.717) is 12.5 Å². The summed E-state index contributed by atoms with van der Waals surface area (Å²) in [5, 5.41) is 3.34. The number of ether oxygens (including phenoxy) is 1. The molecule has 4 nitrogen and oxygen atoms in total. The van der Waals surface area contributed by atoms with Crippen molar-refractivity contribution in [2.75, 3.05) is 19.7 Å². The molecule has 0 amide bonds. The number of thiazole rings is 1. The molecule has 1 aromatic heterocycles. The molecule has 0 bridgehead atoms. The third-order valence-corrected chi connectivity index (χ3v) is 4.77. The maximum absolute atomic E-state index is 11.8. The van der Waals surface area contributed by atoms with E-state index in [1.807, 2.05) is 6.92 Å². The van der Waals surface area contributed by atoms with Crippen LogP contribution in [0.2, 0.25) is 0 Å². The van der Waals surface area contributed by atoms with E-state index in [9.17, 15) is 4.79 Å². The molecule has 0 aromatic carbocycles. The molecule has 0 N–H and O–H groups in total. The lowest BCUT2D eigenvalue weighted by Crippen LogP contribution is -2.39. The number of aromatic nitrogens is 1. The summed E-state index contributed by atoms with van der Waals surface area (Å²) < 4.78 is 5.14. The molecule has 1 aromatic rings. The Morgan fingerprint density at radius 3 is 3.05 bits per heavy atom. The van der Waals surface area contributed by atoms with Crippen LogP contribution in [-0.2, 0) is 16.1 Å². The zero-order valence-electron chi connectivity index (χ0n) is 12.6. The van der Waals surface area contributed by atoms with E-state index in [0.717, 1.165) is 38.2 Å². The third-order valence-electron chi connectivity index (χ3n) is 3.57. The van der Waals surface area contributed by atoms with Crippen molar-refractivity contribution in [3.63, 3.8) is 0 Å². The topological polar surface area (TPSA) is 42.4 Å². The fourth-order valence-electron chi connectivity index (χ4n) is 2.54. The van der Waals surface area contributed by atoms with Crippen LogP contribution in [0.1, 0.15) is 50.2 Å². The van der Waals surface area contributed by atoms with Gasteiger partial charge in [-0.25, -0.2) is 4.98 Å². The molecule has 0 aliphatic carbocycles. The monoisotopic (exact) mass is 296 g/mol. The van der Waals surface area contributed by atoms with Gasteiger partial charge in [-0.15, -0.1) is 11.3 Å². The SMILES string of the molecule is CCOC(=O)[C@@H]1CCCN(Cc2csc(C(C)C)n2)C1. The Hall–Kier alpha value is -0.940. The van der Waals surface area contributed by atoms with Crippen molar-refractivity contribution in [1.82, 2.24) is 9.88 Å². The van der Waals surface area contributed by atoms with E-state index in [4.69, 9.17) is 4.74 Å². The Morgan fingerprint density at radius 1 is 1.60 bits per heavy atom. The number of likely N-dealkylation sites (tertiary alicyclic amines) is 1. The average molecular weight is 296 g/mol. The molecule has 0 unspecified atom stereocenters. The summed E-state index contributed by atoms with van der Waals surface area (Å²) in [6.45, 7) is 9.36. The predicted octanol–water partition coefficient (Wildman–Crippen LogP) is 3.04. The predicted molar refractivity (Wildman–Crippen MR) is 80.8 cm³/mol. The van der Waals surface area contributed by atoms with Crippen LogP contribution in [0, 0.1) is 5.92 Å². The van der Waals surface area contributed by atoms with E-state index in [2.05, 4.69) is 29.1 Å². The summed E-state index contributed by atoms with van der Waals surface area (Å²) >= 11 is 1.73. The Morgan fingerprint density at radius 2 is 2.40 bits per heavy atom. The van der Waals surface area contributed by atoms with E-state index in [1.165, 1.54) is 5.01 Å². The van der Waals surface area contributed by atoms with Gasteiger partial charge in [0.2, 0.25) is 0 Å². The van der Waals surface area contributed by atoms with E-state index >= 15 is 0 Å². The summed E-state index contributed by atoms with van der Waals surface area (Å²) in [7, 11) is 0. The highest BCUT2D eigenvalue weighted by Crippen LogP contribution is 2.23. The average Bonchev–Trinajstić information content (AvgIpc) is 2.88. The van der Waals surface area contributed by atoms with Gasteiger partial charge in [0.1, 0.15) is 0 Å². The minimum atomic E-state index is -0.0432. The molecule has 0 spiro atoms. The van der Waals surface area contributed by atoms with Crippen LogP contribution in [0.25, 0.3) is 0 Å². The highest BCUT2D eigenvalue weighted by atomic mass is 32.1. The first kappa shape index (κ1) is 15.4. The van der Waals surface area contributed by atoms with Crippen LogP contribution in [0.4, 0.5) is 0 Å². The first-order chi connectivity index (χ1) is 9.60. The van der Waals surface area contributed by atoms with Gasteiger partial charge in [-0.2, -0.15) is 0 Å². The minimum absolute atomic E-state index is 0.0342. The summed E-state index contributed by atoms with van der Waals surface area (Å²) in [6, 6.07) is 0. The van der Waals surface area contributed by atoms with E-state index in [-0.39, 0.29) is 11.9 Å². The third kappa shape index (κ3) is 4.03. The molecule has 1 aliphatic heterocycles. The number of esters is 1. The fraction of sp³-hybridized carbons (Fsp3) is 0.733. The van der Waals surface area contributed by atoms with Crippen LogP contribution in [0.3, 0.4) is 0 Å². The molecule has 1 aliphatic rings. The summed E-state index contributed by atoms with van der Waals surface area (Å²) in [5.41, 5.74) is 1.13. The van der Waals surface area contributed by atoms with E-state index in [1.54, 1.807) is 11.3 Å². The highest BCUT2D eigenvalue weighted by Gasteiger charge is 2.27. The van der Waals surface area contributed by atoms with Gasteiger partial charge in [0.15, 0.2) is 0 Å². The number of rotatable bonds is 5. The normalized spacial score (nSPS) is 20.3. The molecule has 1 atom stereocenters. The lowest BCUT2D eigenvalue weighted by atomic mass is 9.98. The van der Waals surface area contributed by atoms with Crippen LogP contribution in [-0.4, -0.2) is 35.5 Å². The summed E-state index contributed by atoms with van der Waals surface area (Å²) in [5.74, 6) is 0.479. The van der Waals surface area contributed by atoms with Gasteiger partial charge >= 0.3 is 5.97 Å². The number of piperidine rings is 1. The molecule has 112 valence electrons. The number of hydrogen-bond acceptors (Lipinski definition) is 5. The molecular formula is C15H24N2O2S. The summed E-state index contributed by atoms with van der Waals surface area (Å²) in [4.78, 5) is 18.8. The van der Waals surface area contributed by atoms with Crippen LogP contribution >= 0.6 is 11.3 Å². The maximum Gasteiger partial charge on any atom is 0.310 e. The maximum atomic E-state index is 11.8. The van der Waals surface area contributed by atoms with Crippen molar-refractivity contribution < 1.29 is 9.53 Å². The quantitative estimate of drug-likeness (QED) is 0.783. The lowest BCUT2D eigenvalue weighted by Gasteiger charge is -2.30.